The molecule has 0 aromatic carbocycles. The van der Waals surface area contributed by atoms with Crippen LogP contribution in [0.2, 0.25) is 0 Å². The van der Waals surface area contributed by atoms with Crippen molar-refractivity contribution in [3.8, 4) is 0 Å². The summed E-state index contributed by atoms with van der Waals surface area (Å²) in [5.41, 5.74) is 1.27. The van der Waals surface area contributed by atoms with Crippen molar-refractivity contribution in [3.63, 3.8) is 0 Å². The third-order valence-electron chi connectivity index (χ3n) is 6.47. The van der Waals surface area contributed by atoms with Gasteiger partial charge in [0.15, 0.2) is 0 Å². The van der Waals surface area contributed by atoms with E-state index in [1.807, 2.05) is 6.07 Å². The lowest BCUT2D eigenvalue weighted by molar-refractivity contribution is -0.118. The molecule has 0 radical (unpaired) electrons. The van der Waals surface area contributed by atoms with Gasteiger partial charge in [0.05, 0.1) is 11.6 Å². The van der Waals surface area contributed by atoms with E-state index in [0.717, 1.165) is 62.5 Å². The van der Waals surface area contributed by atoms with Gasteiger partial charge in [-0.2, -0.15) is 4.98 Å². The molecule has 1 aliphatic carbocycles. The van der Waals surface area contributed by atoms with Crippen molar-refractivity contribution in [2.75, 3.05) is 18.4 Å². The third kappa shape index (κ3) is 2.87. The van der Waals surface area contributed by atoms with Crippen molar-refractivity contribution in [3.05, 3.63) is 18.0 Å². The van der Waals surface area contributed by atoms with Crippen molar-refractivity contribution in [2.24, 2.45) is 0 Å². The predicted molar refractivity (Wildman–Crippen MR) is 105 cm³/mol. The second-order valence-electron chi connectivity index (χ2n) is 8.30. The first-order valence-electron chi connectivity index (χ1n) is 10.4. The molecule has 3 aliphatic rings. The first kappa shape index (κ1) is 17.6. The highest BCUT2D eigenvalue weighted by molar-refractivity contribution is 5.99. The van der Waals surface area contributed by atoms with E-state index in [1.165, 1.54) is 6.42 Å². The SMILES string of the molecule is O=C1NCC2(CCCCC2)n2c1cc1cnc(NC(=O)[C@@H]3CCCCN3)nc12. The summed E-state index contributed by atoms with van der Waals surface area (Å²) in [6.45, 7) is 1.50. The van der Waals surface area contributed by atoms with E-state index >= 15 is 0 Å². The Morgan fingerprint density at radius 1 is 1.21 bits per heavy atom. The zero-order valence-corrected chi connectivity index (χ0v) is 16.0. The van der Waals surface area contributed by atoms with E-state index in [9.17, 15) is 9.59 Å². The van der Waals surface area contributed by atoms with Crippen molar-refractivity contribution in [2.45, 2.75) is 62.9 Å². The lowest BCUT2D eigenvalue weighted by atomic mass is 9.80. The molecule has 2 amide bonds. The van der Waals surface area contributed by atoms with Crippen LogP contribution >= 0.6 is 0 Å². The quantitative estimate of drug-likeness (QED) is 0.737. The van der Waals surface area contributed by atoms with Gasteiger partial charge in [0.2, 0.25) is 11.9 Å². The smallest absolute Gasteiger partial charge is 0.268 e. The largest absolute Gasteiger partial charge is 0.348 e. The number of carbonyl (C=O) groups is 2. The van der Waals surface area contributed by atoms with Crippen molar-refractivity contribution in [1.29, 1.82) is 0 Å². The summed E-state index contributed by atoms with van der Waals surface area (Å²) in [6, 6.07) is 1.68. The van der Waals surface area contributed by atoms with Crippen molar-refractivity contribution < 1.29 is 9.59 Å². The number of aromatic nitrogens is 3. The first-order chi connectivity index (χ1) is 13.7. The standard InChI is InChI=1S/C20H26N6O2/c27-17(14-6-2-5-9-21-14)25-19-22-11-13-10-15-18(28)23-12-20(7-3-1-4-8-20)26(15)16(13)24-19/h10-11,14,21H,1-9,12H2,(H,23,28)(H,22,24,25,27)/t14-/m0/s1. The summed E-state index contributed by atoms with van der Waals surface area (Å²) in [7, 11) is 0. The molecule has 2 aliphatic heterocycles. The molecule has 8 nitrogen and oxygen atoms in total. The second kappa shape index (κ2) is 6.84. The fraction of sp³-hybridized carbons (Fsp3) is 0.600. The lowest BCUT2D eigenvalue weighted by Gasteiger charge is -2.42. The summed E-state index contributed by atoms with van der Waals surface area (Å²) in [5.74, 6) is 0.156. The van der Waals surface area contributed by atoms with Crippen LogP contribution in [-0.4, -0.2) is 45.5 Å². The van der Waals surface area contributed by atoms with Crippen molar-refractivity contribution >= 4 is 28.8 Å². The maximum absolute atomic E-state index is 12.6. The predicted octanol–water partition coefficient (Wildman–Crippen LogP) is 1.91. The zero-order valence-electron chi connectivity index (χ0n) is 16.0. The molecule has 2 aromatic rings. The number of rotatable bonds is 2. The van der Waals surface area contributed by atoms with Crippen LogP contribution in [0.4, 0.5) is 5.95 Å². The Morgan fingerprint density at radius 3 is 2.86 bits per heavy atom. The molecule has 1 saturated heterocycles. The van der Waals surface area contributed by atoms with Crippen LogP contribution < -0.4 is 16.0 Å². The van der Waals surface area contributed by atoms with Crippen LogP contribution in [0, 0.1) is 0 Å². The number of hydrogen-bond acceptors (Lipinski definition) is 5. The summed E-state index contributed by atoms with van der Waals surface area (Å²) in [6.07, 6.45) is 10.3. The molecule has 0 bridgehead atoms. The number of hydrogen-bond donors (Lipinski definition) is 3. The highest BCUT2D eigenvalue weighted by Gasteiger charge is 2.41. The molecular formula is C20H26N6O2. The van der Waals surface area contributed by atoms with Gasteiger partial charge in [-0.1, -0.05) is 25.7 Å². The Hall–Kier alpha value is -2.48. The van der Waals surface area contributed by atoms with Gasteiger partial charge in [-0.05, 0) is 38.3 Å². The average Bonchev–Trinajstić information content (AvgIpc) is 3.13. The second-order valence-corrected chi connectivity index (χ2v) is 8.30. The summed E-state index contributed by atoms with van der Waals surface area (Å²) in [4.78, 5) is 34.1. The Labute approximate surface area is 163 Å². The summed E-state index contributed by atoms with van der Waals surface area (Å²) in [5, 5.41) is 10.0. The molecule has 148 valence electrons. The highest BCUT2D eigenvalue weighted by Crippen LogP contribution is 2.40. The molecule has 1 atom stereocenters. The monoisotopic (exact) mass is 382 g/mol. The average molecular weight is 382 g/mol. The van der Waals surface area contributed by atoms with Crippen LogP contribution in [0.5, 0.6) is 0 Å². The van der Waals surface area contributed by atoms with Gasteiger partial charge in [0, 0.05) is 18.1 Å². The molecule has 0 unspecified atom stereocenters. The van der Waals surface area contributed by atoms with Gasteiger partial charge in [-0.15, -0.1) is 0 Å². The van der Waals surface area contributed by atoms with Crippen LogP contribution in [-0.2, 0) is 10.3 Å². The lowest BCUT2D eigenvalue weighted by Crippen LogP contribution is -2.52. The normalized spacial score (nSPS) is 24.0. The molecule has 1 saturated carbocycles. The Morgan fingerprint density at radius 2 is 2.07 bits per heavy atom. The minimum atomic E-state index is -0.190. The zero-order chi connectivity index (χ0) is 19.1. The number of carbonyl (C=O) groups excluding carboxylic acids is 2. The summed E-state index contributed by atoms with van der Waals surface area (Å²) < 4.78 is 2.12. The Bertz CT molecular complexity index is 924. The maximum Gasteiger partial charge on any atom is 0.268 e. The highest BCUT2D eigenvalue weighted by atomic mass is 16.2. The van der Waals surface area contributed by atoms with Crippen molar-refractivity contribution in [1.82, 2.24) is 25.2 Å². The van der Waals surface area contributed by atoms with Crippen LogP contribution in [0.15, 0.2) is 12.3 Å². The first-order valence-corrected chi connectivity index (χ1v) is 10.4. The number of nitrogens with one attached hydrogen (secondary N) is 3. The van der Waals surface area contributed by atoms with Gasteiger partial charge in [-0.25, -0.2) is 4.98 Å². The van der Waals surface area contributed by atoms with E-state index in [1.54, 1.807) is 6.20 Å². The van der Waals surface area contributed by atoms with Gasteiger partial charge >= 0.3 is 0 Å². The van der Waals surface area contributed by atoms with E-state index in [0.29, 0.717) is 18.2 Å². The minimum Gasteiger partial charge on any atom is -0.348 e. The Balaban J connectivity index is 1.52. The Kier molecular flexibility index (Phi) is 4.30. The van der Waals surface area contributed by atoms with Gasteiger partial charge in [0.25, 0.3) is 5.91 Å². The topological polar surface area (TPSA) is 101 Å². The van der Waals surface area contributed by atoms with E-state index < -0.39 is 0 Å². The number of amides is 2. The third-order valence-corrected chi connectivity index (χ3v) is 6.47. The molecule has 5 rings (SSSR count). The van der Waals surface area contributed by atoms with E-state index in [4.69, 9.17) is 0 Å². The number of fused-ring (bicyclic) bond motifs is 4. The van der Waals surface area contributed by atoms with Gasteiger partial charge < -0.3 is 15.2 Å². The minimum absolute atomic E-state index is 0.0637. The molecule has 2 aromatic heterocycles. The fourth-order valence-electron chi connectivity index (χ4n) is 4.99. The van der Waals surface area contributed by atoms with E-state index in [2.05, 4.69) is 30.5 Å². The molecule has 28 heavy (non-hydrogen) atoms. The fourth-order valence-corrected chi connectivity index (χ4v) is 4.99. The number of anilines is 1. The van der Waals surface area contributed by atoms with Crippen LogP contribution in [0.25, 0.3) is 11.0 Å². The van der Waals surface area contributed by atoms with Crippen LogP contribution in [0.1, 0.15) is 61.9 Å². The molecule has 8 heteroatoms. The number of piperidine rings is 1. The van der Waals surface area contributed by atoms with Gasteiger partial charge in [-0.3, -0.25) is 14.9 Å². The molecule has 3 N–H and O–H groups in total. The number of nitrogens with zero attached hydrogens (tertiary/aromatic N) is 3. The molecule has 4 heterocycles. The van der Waals surface area contributed by atoms with E-state index in [-0.39, 0.29) is 23.4 Å². The summed E-state index contributed by atoms with van der Waals surface area (Å²) >= 11 is 0. The molecular weight excluding hydrogens is 356 g/mol. The molecule has 2 fully saturated rings. The maximum atomic E-state index is 12.6. The van der Waals surface area contributed by atoms with Crippen LogP contribution in [0.3, 0.4) is 0 Å². The molecule has 1 spiro atoms. The van der Waals surface area contributed by atoms with Gasteiger partial charge in [0.1, 0.15) is 11.3 Å².